The molecule has 0 aliphatic rings. The zero-order chi connectivity index (χ0) is 42.3. The summed E-state index contributed by atoms with van der Waals surface area (Å²) >= 11 is 0. The molecule has 0 aromatic heterocycles. The quantitative estimate of drug-likeness (QED) is 0.0264. The van der Waals surface area contributed by atoms with Crippen molar-refractivity contribution in [2.45, 2.75) is 252 Å². The summed E-state index contributed by atoms with van der Waals surface area (Å²) in [6.07, 6.45) is 55.3. The number of carbonyl (C=O) groups excluding carboxylic acids is 3. The van der Waals surface area contributed by atoms with Gasteiger partial charge in [0.05, 0.1) is 0 Å². The van der Waals surface area contributed by atoms with Gasteiger partial charge in [0.25, 0.3) is 0 Å². The molecule has 6 heteroatoms. The average molecular weight is 813 g/mol. The molecule has 0 N–H and O–H groups in total. The lowest BCUT2D eigenvalue weighted by atomic mass is 10.0. The van der Waals surface area contributed by atoms with Crippen LogP contribution < -0.4 is 0 Å². The second-order valence-corrected chi connectivity index (χ2v) is 16.4. The summed E-state index contributed by atoms with van der Waals surface area (Å²) in [4.78, 5) is 37.8. The first-order chi connectivity index (χ1) is 28.5. The van der Waals surface area contributed by atoms with E-state index in [1.807, 2.05) is 0 Å². The first kappa shape index (κ1) is 55.4. The van der Waals surface area contributed by atoms with E-state index in [0.717, 1.165) is 96.3 Å². The van der Waals surface area contributed by atoms with E-state index in [1.165, 1.54) is 109 Å². The van der Waals surface area contributed by atoms with Crippen molar-refractivity contribution in [1.82, 2.24) is 0 Å². The van der Waals surface area contributed by atoms with Crippen LogP contribution in [-0.4, -0.2) is 37.2 Å². The van der Waals surface area contributed by atoms with E-state index >= 15 is 0 Å². The Morgan fingerprint density at radius 2 is 0.672 bits per heavy atom. The predicted octanol–water partition coefficient (Wildman–Crippen LogP) is 15.9. The highest BCUT2D eigenvalue weighted by atomic mass is 16.6. The molecule has 0 saturated heterocycles. The maximum Gasteiger partial charge on any atom is 0.306 e. The molecule has 0 aliphatic carbocycles. The van der Waals surface area contributed by atoms with Crippen LogP contribution in [0, 0.1) is 0 Å². The smallest absolute Gasteiger partial charge is 0.306 e. The fourth-order valence-corrected chi connectivity index (χ4v) is 6.90. The molecular formula is C52H92O6. The van der Waals surface area contributed by atoms with Gasteiger partial charge in [-0.1, -0.05) is 217 Å². The lowest BCUT2D eigenvalue weighted by Gasteiger charge is -2.18. The minimum Gasteiger partial charge on any atom is -0.462 e. The number of rotatable bonds is 44. The van der Waals surface area contributed by atoms with Gasteiger partial charge in [-0.25, -0.2) is 0 Å². The maximum atomic E-state index is 12.7. The van der Waals surface area contributed by atoms with E-state index in [1.54, 1.807) is 0 Å². The lowest BCUT2D eigenvalue weighted by molar-refractivity contribution is -0.167. The van der Waals surface area contributed by atoms with Crippen molar-refractivity contribution in [3.63, 3.8) is 0 Å². The van der Waals surface area contributed by atoms with Gasteiger partial charge in [0.2, 0.25) is 0 Å². The van der Waals surface area contributed by atoms with Gasteiger partial charge in [0.1, 0.15) is 13.2 Å². The van der Waals surface area contributed by atoms with E-state index < -0.39 is 6.10 Å². The van der Waals surface area contributed by atoms with Gasteiger partial charge in [-0.15, -0.1) is 0 Å². The second-order valence-electron chi connectivity index (χ2n) is 16.4. The minimum absolute atomic E-state index is 0.0783. The number of allylic oxidation sites excluding steroid dienone is 8. The van der Waals surface area contributed by atoms with E-state index in [4.69, 9.17) is 14.2 Å². The standard InChI is InChI=1S/C52H92O6/c1-4-7-10-13-16-19-21-23-25-26-28-29-31-33-36-39-42-45-51(54)57-48-49(47-56-50(53)44-41-38-35-18-15-12-9-6-3)58-52(55)46-43-40-37-34-32-30-27-24-22-20-17-14-11-8-5-2/h7,10,16,19,23,25,28-29,49H,4-6,8-9,11-15,17-18,20-22,24,26-27,30-48H2,1-3H3/b10-7-,19-16-,25-23-,29-28-. The van der Waals surface area contributed by atoms with Gasteiger partial charge >= 0.3 is 17.9 Å². The summed E-state index contributed by atoms with van der Waals surface area (Å²) < 4.78 is 16.7. The molecule has 1 atom stereocenters. The Kier molecular flexibility index (Phi) is 44.9. The fourth-order valence-electron chi connectivity index (χ4n) is 6.90. The molecule has 0 rings (SSSR count). The van der Waals surface area contributed by atoms with Gasteiger partial charge < -0.3 is 14.2 Å². The molecule has 0 bridgehead atoms. The van der Waals surface area contributed by atoms with Crippen LogP contribution in [-0.2, 0) is 28.6 Å². The lowest BCUT2D eigenvalue weighted by Crippen LogP contribution is -2.30. The van der Waals surface area contributed by atoms with E-state index in [9.17, 15) is 14.4 Å². The van der Waals surface area contributed by atoms with Crippen LogP contribution in [0.2, 0.25) is 0 Å². The molecule has 0 aromatic carbocycles. The first-order valence-electron chi connectivity index (χ1n) is 24.6. The van der Waals surface area contributed by atoms with Gasteiger partial charge in [-0.2, -0.15) is 0 Å². The Morgan fingerprint density at radius 3 is 1.05 bits per heavy atom. The molecule has 6 nitrogen and oxygen atoms in total. The molecule has 0 radical (unpaired) electrons. The highest BCUT2D eigenvalue weighted by molar-refractivity contribution is 5.71. The van der Waals surface area contributed by atoms with Crippen molar-refractivity contribution >= 4 is 17.9 Å². The average Bonchev–Trinajstić information content (AvgIpc) is 3.22. The number of ether oxygens (including phenoxy) is 3. The molecule has 0 heterocycles. The number of hydrogen-bond acceptors (Lipinski definition) is 6. The number of unbranched alkanes of at least 4 members (excludes halogenated alkanes) is 25. The van der Waals surface area contributed by atoms with Gasteiger partial charge in [-0.05, 0) is 57.8 Å². The van der Waals surface area contributed by atoms with Crippen LogP contribution in [0.4, 0.5) is 0 Å². The number of esters is 3. The van der Waals surface area contributed by atoms with E-state index in [2.05, 4.69) is 69.4 Å². The molecule has 0 spiro atoms. The topological polar surface area (TPSA) is 78.9 Å². The summed E-state index contributed by atoms with van der Waals surface area (Å²) in [5, 5.41) is 0. The zero-order valence-electron chi connectivity index (χ0n) is 38.3. The van der Waals surface area contributed by atoms with Gasteiger partial charge in [-0.3, -0.25) is 14.4 Å². The molecule has 58 heavy (non-hydrogen) atoms. The molecule has 0 amide bonds. The summed E-state index contributed by atoms with van der Waals surface area (Å²) in [5.41, 5.74) is 0. The third-order valence-electron chi connectivity index (χ3n) is 10.6. The van der Waals surface area contributed by atoms with Crippen LogP contribution in [0.5, 0.6) is 0 Å². The summed E-state index contributed by atoms with van der Waals surface area (Å²) in [5.74, 6) is -0.901. The van der Waals surface area contributed by atoms with Gasteiger partial charge in [0, 0.05) is 19.3 Å². The Bertz CT molecular complexity index is 1030. The Balaban J connectivity index is 4.33. The van der Waals surface area contributed by atoms with Gasteiger partial charge in [0.15, 0.2) is 6.10 Å². The highest BCUT2D eigenvalue weighted by Crippen LogP contribution is 2.15. The molecular weight excluding hydrogens is 721 g/mol. The minimum atomic E-state index is -0.777. The predicted molar refractivity (Wildman–Crippen MR) is 247 cm³/mol. The third-order valence-corrected chi connectivity index (χ3v) is 10.6. The van der Waals surface area contributed by atoms with Crippen molar-refractivity contribution in [2.24, 2.45) is 0 Å². The van der Waals surface area contributed by atoms with Crippen LogP contribution in [0.15, 0.2) is 48.6 Å². The summed E-state index contributed by atoms with van der Waals surface area (Å²) in [7, 11) is 0. The van der Waals surface area contributed by atoms with Crippen molar-refractivity contribution in [1.29, 1.82) is 0 Å². The zero-order valence-corrected chi connectivity index (χ0v) is 38.3. The van der Waals surface area contributed by atoms with Crippen molar-refractivity contribution in [3.05, 3.63) is 48.6 Å². The summed E-state index contributed by atoms with van der Waals surface area (Å²) in [6, 6.07) is 0. The monoisotopic (exact) mass is 813 g/mol. The Morgan fingerprint density at radius 1 is 0.362 bits per heavy atom. The molecule has 336 valence electrons. The van der Waals surface area contributed by atoms with Crippen molar-refractivity contribution < 1.29 is 28.6 Å². The fraction of sp³-hybridized carbons (Fsp3) is 0.788. The Hall–Kier alpha value is -2.63. The molecule has 0 aromatic rings. The van der Waals surface area contributed by atoms with Crippen molar-refractivity contribution in [2.75, 3.05) is 13.2 Å². The van der Waals surface area contributed by atoms with Crippen molar-refractivity contribution in [3.8, 4) is 0 Å². The first-order valence-corrected chi connectivity index (χ1v) is 24.6. The SMILES string of the molecule is CC/C=C\C/C=C\C/C=C\C/C=C\CCCCCCC(=O)OCC(COC(=O)CCCCCCCCCC)OC(=O)CCCCCCCCCCCCCCCCC. The number of carbonyl (C=O) groups is 3. The van der Waals surface area contributed by atoms with Crippen LogP contribution >= 0.6 is 0 Å². The summed E-state index contributed by atoms with van der Waals surface area (Å²) in [6.45, 7) is 6.48. The van der Waals surface area contributed by atoms with Crippen LogP contribution in [0.3, 0.4) is 0 Å². The third kappa shape index (κ3) is 44.5. The van der Waals surface area contributed by atoms with E-state index in [-0.39, 0.29) is 31.1 Å². The highest BCUT2D eigenvalue weighted by Gasteiger charge is 2.19. The normalized spacial score (nSPS) is 12.4. The largest absolute Gasteiger partial charge is 0.462 e. The van der Waals surface area contributed by atoms with Crippen LogP contribution in [0.1, 0.15) is 245 Å². The Labute approximate surface area is 358 Å². The molecule has 1 unspecified atom stereocenters. The molecule has 0 aliphatic heterocycles. The molecule has 0 saturated carbocycles. The van der Waals surface area contributed by atoms with Crippen LogP contribution in [0.25, 0.3) is 0 Å². The molecule has 0 fully saturated rings. The number of hydrogen-bond donors (Lipinski definition) is 0. The second kappa shape index (κ2) is 47.1. The maximum absolute atomic E-state index is 12.7. The van der Waals surface area contributed by atoms with E-state index in [0.29, 0.717) is 19.3 Å².